The molecule has 1 N–H and O–H groups in total. The number of fused-ring (bicyclic) bond motifs is 1. The fraction of sp³-hybridized carbons (Fsp3) is 0.316. The van der Waals surface area contributed by atoms with E-state index < -0.39 is 17.6 Å². The molecule has 0 bridgehead atoms. The Kier molecular flexibility index (Phi) is 6.00. The van der Waals surface area contributed by atoms with E-state index >= 15 is 0 Å². The largest absolute Gasteiger partial charge is 0.493 e. The number of rotatable bonds is 7. The molecular formula is C19H18F4N4O2. The van der Waals surface area contributed by atoms with Gasteiger partial charge in [0.1, 0.15) is 11.3 Å². The third-order valence-corrected chi connectivity index (χ3v) is 4.12. The van der Waals surface area contributed by atoms with E-state index in [0.717, 1.165) is 18.9 Å². The van der Waals surface area contributed by atoms with E-state index in [1.807, 2.05) is 6.92 Å². The van der Waals surface area contributed by atoms with Crippen LogP contribution in [0.3, 0.4) is 0 Å². The van der Waals surface area contributed by atoms with Gasteiger partial charge in [0, 0.05) is 11.8 Å². The molecule has 6 nitrogen and oxygen atoms in total. The van der Waals surface area contributed by atoms with Crippen LogP contribution in [-0.4, -0.2) is 29.1 Å². The molecule has 1 heterocycles. The van der Waals surface area contributed by atoms with Crippen molar-refractivity contribution in [3.63, 3.8) is 0 Å². The van der Waals surface area contributed by atoms with E-state index in [1.54, 1.807) is 12.1 Å². The van der Waals surface area contributed by atoms with Gasteiger partial charge in [-0.05, 0) is 35.9 Å². The van der Waals surface area contributed by atoms with Crippen molar-refractivity contribution in [3.8, 4) is 11.5 Å². The van der Waals surface area contributed by atoms with Gasteiger partial charge in [0.05, 0.1) is 24.7 Å². The molecule has 0 saturated carbocycles. The zero-order valence-corrected chi connectivity index (χ0v) is 15.7. The number of unbranched alkanes of at least 4 members (excludes halogenated alkanes) is 1. The Balaban J connectivity index is 1.98. The molecule has 2 aromatic carbocycles. The molecule has 0 unspecified atom stereocenters. The number of hydrogen-bond donors (Lipinski definition) is 1. The number of nitrogens with zero attached hydrogens (tertiary/aromatic N) is 3. The molecule has 10 heteroatoms. The molecule has 3 aromatic rings. The van der Waals surface area contributed by atoms with Gasteiger partial charge >= 0.3 is 6.18 Å². The molecule has 0 fully saturated rings. The molecule has 154 valence electrons. The number of hydrogen-bond acceptors (Lipinski definition) is 6. The summed E-state index contributed by atoms with van der Waals surface area (Å²) < 4.78 is 63.4. The highest BCUT2D eigenvalue weighted by Crippen LogP contribution is 2.36. The van der Waals surface area contributed by atoms with Gasteiger partial charge in [0.2, 0.25) is 0 Å². The highest BCUT2D eigenvalue weighted by molar-refractivity contribution is 5.92. The quantitative estimate of drug-likeness (QED) is 0.431. The Morgan fingerprint density at radius 3 is 2.55 bits per heavy atom. The van der Waals surface area contributed by atoms with Gasteiger partial charge in [-0.2, -0.15) is 13.2 Å². The minimum Gasteiger partial charge on any atom is -0.493 e. The summed E-state index contributed by atoms with van der Waals surface area (Å²) in [4.78, 5) is 0. The zero-order chi connectivity index (χ0) is 21.0. The molecule has 3 rings (SSSR count). The number of methoxy groups -OCH3 is 1. The summed E-state index contributed by atoms with van der Waals surface area (Å²) in [7, 11) is 1.47. The SMILES string of the molecule is CCCCOc1cc2nnnc(Nc3ccc(F)c(C(F)(F)F)c3)c2cc1OC. The second-order valence-electron chi connectivity index (χ2n) is 6.18. The highest BCUT2D eigenvalue weighted by Gasteiger charge is 2.34. The first-order chi connectivity index (χ1) is 13.8. The van der Waals surface area contributed by atoms with Gasteiger partial charge in [-0.15, -0.1) is 10.2 Å². The first-order valence-electron chi connectivity index (χ1n) is 8.81. The van der Waals surface area contributed by atoms with Gasteiger partial charge in [-0.25, -0.2) is 4.39 Å². The van der Waals surface area contributed by atoms with Crippen molar-refractivity contribution in [2.24, 2.45) is 0 Å². The second-order valence-corrected chi connectivity index (χ2v) is 6.18. The first-order valence-corrected chi connectivity index (χ1v) is 8.81. The minimum absolute atomic E-state index is 0.00256. The number of aromatic nitrogens is 3. The van der Waals surface area contributed by atoms with Crippen molar-refractivity contribution in [3.05, 3.63) is 41.7 Å². The fourth-order valence-corrected chi connectivity index (χ4v) is 2.64. The van der Waals surface area contributed by atoms with E-state index in [2.05, 4.69) is 20.7 Å². The van der Waals surface area contributed by atoms with Crippen LogP contribution < -0.4 is 14.8 Å². The van der Waals surface area contributed by atoms with Crippen molar-refractivity contribution >= 4 is 22.4 Å². The van der Waals surface area contributed by atoms with Crippen LogP contribution in [-0.2, 0) is 6.18 Å². The Labute approximate surface area is 163 Å². The topological polar surface area (TPSA) is 69.2 Å². The maximum absolute atomic E-state index is 13.5. The number of alkyl halides is 3. The van der Waals surface area contributed by atoms with Gasteiger partial charge < -0.3 is 14.8 Å². The standard InChI is InChI=1S/C19H18F4N4O2/c1-3-4-7-29-17-10-15-12(9-16(17)28-2)18(26-27-25-15)24-11-5-6-14(20)13(8-11)19(21,22)23/h5-6,8-10H,3-4,7H2,1-2H3,(H,24,25,26). The summed E-state index contributed by atoms with van der Waals surface area (Å²) in [5.74, 6) is -0.319. The number of nitrogens with one attached hydrogen (secondary N) is 1. The third-order valence-electron chi connectivity index (χ3n) is 4.12. The van der Waals surface area contributed by atoms with Crippen LogP contribution in [0.25, 0.3) is 10.9 Å². The van der Waals surface area contributed by atoms with Crippen molar-refractivity contribution < 1.29 is 27.0 Å². The van der Waals surface area contributed by atoms with Crippen molar-refractivity contribution in [2.75, 3.05) is 19.0 Å². The molecule has 29 heavy (non-hydrogen) atoms. The summed E-state index contributed by atoms with van der Waals surface area (Å²) in [5.41, 5.74) is -0.964. The third kappa shape index (κ3) is 4.64. The zero-order valence-electron chi connectivity index (χ0n) is 15.7. The fourth-order valence-electron chi connectivity index (χ4n) is 2.64. The molecule has 0 amide bonds. The van der Waals surface area contributed by atoms with Crippen molar-refractivity contribution in [1.82, 2.24) is 15.4 Å². The summed E-state index contributed by atoms with van der Waals surface area (Å²) in [5, 5.41) is 14.6. The van der Waals surface area contributed by atoms with Gasteiger partial charge in [-0.3, -0.25) is 0 Å². The highest BCUT2D eigenvalue weighted by atomic mass is 19.4. The predicted octanol–water partition coefficient (Wildman–Crippen LogP) is 5.11. The normalized spacial score (nSPS) is 11.5. The van der Waals surface area contributed by atoms with Crippen LogP contribution in [0.15, 0.2) is 30.3 Å². The molecular weight excluding hydrogens is 392 g/mol. The lowest BCUT2D eigenvalue weighted by molar-refractivity contribution is -0.139. The van der Waals surface area contributed by atoms with E-state index in [9.17, 15) is 17.6 Å². The summed E-state index contributed by atoms with van der Waals surface area (Å²) in [6, 6.07) is 5.81. The molecule has 1 aromatic heterocycles. The van der Waals surface area contributed by atoms with Crippen LogP contribution in [0.1, 0.15) is 25.3 Å². The number of benzene rings is 2. The minimum atomic E-state index is -4.82. The van der Waals surface area contributed by atoms with Crippen molar-refractivity contribution in [2.45, 2.75) is 25.9 Å². The predicted molar refractivity (Wildman–Crippen MR) is 99.0 cm³/mol. The number of ether oxygens (including phenoxy) is 2. The summed E-state index contributed by atoms with van der Waals surface area (Å²) in [6.07, 6.45) is -2.99. The maximum atomic E-state index is 13.5. The Morgan fingerprint density at radius 2 is 1.86 bits per heavy atom. The average molecular weight is 410 g/mol. The van der Waals surface area contributed by atoms with E-state index in [4.69, 9.17) is 9.47 Å². The Bertz CT molecular complexity index is 1010. The lowest BCUT2D eigenvalue weighted by Gasteiger charge is -2.14. The number of anilines is 2. The monoisotopic (exact) mass is 410 g/mol. The molecule has 0 atom stereocenters. The van der Waals surface area contributed by atoms with Gasteiger partial charge in [-0.1, -0.05) is 13.3 Å². The summed E-state index contributed by atoms with van der Waals surface area (Å²) in [6.45, 7) is 2.54. The van der Waals surface area contributed by atoms with Gasteiger partial charge in [0.25, 0.3) is 0 Å². The Hall–Kier alpha value is -3.17. The molecule has 0 aliphatic carbocycles. The lowest BCUT2D eigenvalue weighted by atomic mass is 10.1. The molecule has 0 saturated heterocycles. The van der Waals surface area contributed by atoms with Crippen LogP contribution in [0, 0.1) is 5.82 Å². The molecule has 0 aliphatic heterocycles. The maximum Gasteiger partial charge on any atom is 0.419 e. The molecule has 0 radical (unpaired) electrons. The van der Waals surface area contributed by atoms with E-state index in [1.165, 1.54) is 13.2 Å². The number of halogens is 4. The molecule has 0 aliphatic rings. The summed E-state index contributed by atoms with van der Waals surface area (Å²) >= 11 is 0. The Morgan fingerprint density at radius 1 is 1.07 bits per heavy atom. The second kappa shape index (κ2) is 8.46. The van der Waals surface area contributed by atoms with Crippen LogP contribution in [0.5, 0.6) is 11.5 Å². The van der Waals surface area contributed by atoms with E-state index in [-0.39, 0.29) is 11.5 Å². The smallest absolute Gasteiger partial charge is 0.419 e. The van der Waals surface area contributed by atoms with Crippen molar-refractivity contribution in [1.29, 1.82) is 0 Å². The average Bonchev–Trinajstić information content (AvgIpc) is 2.68. The van der Waals surface area contributed by atoms with Gasteiger partial charge in [0.15, 0.2) is 17.3 Å². The van der Waals surface area contributed by atoms with E-state index in [0.29, 0.717) is 35.1 Å². The van der Waals surface area contributed by atoms with Crippen LogP contribution in [0.4, 0.5) is 29.1 Å². The van der Waals surface area contributed by atoms with Crippen LogP contribution in [0.2, 0.25) is 0 Å². The lowest BCUT2D eigenvalue weighted by Crippen LogP contribution is -2.09. The first kappa shape index (κ1) is 20.6. The van der Waals surface area contributed by atoms with Crippen LogP contribution >= 0.6 is 0 Å². The molecule has 0 spiro atoms.